The molecule has 0 saturated carbocycles. The zero-order chi connectivity index (χ0) is 15.1. The average Bonchev–Trinajstić information content (AvgIpc) is 2.49. The first-order valence-electron chi connectivity index (χ1n) is 7.34. The van der Waals surface area contributed by atoms with Crippen LogP contribution < -0.4 is 10.6 Å². The fraction of sp³-hybridized carbons (Fsp3) is 0.643. The first-order chi connectivity index (χ1) is 10.2. The van der Waals surface area contributed by atoms with Gasteiger partial charge in [0.15, 0.2) is 23.3 Å². The zero-order valence-electron chi connectivity index (χ0n) is 12.3. The molecule has 2 rings (SSSR count). The highest BCUT2D eigenvalue weighted by Gasteiger charge is 2.12. The molecule has 1 aromatic rings. The van der Waals surface area contributed by atoms with Gasteiger partial charge in [-0.1, -0.05) is 0 Å². The summed E-state index contributed by atoms with van der Waals surface area (Å²) in [6, 6.07) is 0.856. The quantitative estimate of drug-likeness (QED) is 0.754. The SMILES string of the molecule is CCNc1nc(NCCCN2CCOCC2)c(F)cc1F. The largest absolute Gasteiger partial charge is 0.379 e. The lowest BCUT2D eigenvalue weighted by atomic mass is 10.3. The van der Waals surface area contributed by atoms with Gasteiger partial charge in [-0.25, -0.2) is 13.8 Å². The molecule has 0 spiro atoms. The number of pyridine rings is 1. The Labute approximate surface area is 123 Å². The molecule has 2 heterocycles. The van der Waals surface area contributed by atoms with Crippen molar-refractivity contribution in [3.63, 3.8) is 0 Å². The van der Waals surface area contributed by atoms with E-state index in [0.717, 1.165) is 45.3 Å². The fourth-order valence-corrected chi connectivity index (χ4v) is 2.22. The molecule has 0 atom stereocenters. The molecule has 118 valence electrons. The first kappa shape index (κ1) is 15.9. The van der Waals surface area contributed by atoms with E-state index in [1.807, 2.05) is 6.92 Å². The Bertz CT molecular complexity index is 453. The molecular formula is C14H22F2N4O. The molecule has 0 aliphatic carbocycles. The van der Waals surface area contributed by atoms with E-state index in [4.69, 9.17) is 4.74 Å². The molecule has 1 aliphatic rings. The maximum absolute atomic E-state index is 13.6. The molecule has 1 aromatic heterocycles. The number of halogens is 2. The van der Waals surface area contributed by atoms with Gasteiger partial charge in [-0.2, -0.15) is 0 Å². The summed E-state index contributed by atoms with van der Waals surface area (Å²) in [5.74, 6) is -1.17. The molecule has 2 N–H and O–H groups in total. The van der Waals surface area contributed by atoms with Crippen molar-refractivity contribution in [2.45, 2.75) is 13.3 Å². The van der Waals surface area contributed by atoms with Gasteiger partial charge in [0.1, 0.15) is 0 Å². The number of rotatable bonds is 7. The minimum absolute atomic E-state index is 0.0783. The van der Waals surface area contributed by atoms with Gasteiger partial charge in [-0.3, -0.25) is 4.90 Å². The Morgan fingerprint density at radius 3 is 2.52 bits per heavy atom. The van der Waals surface area contributed by atoms with Crippen LogP contribution in [0.25, 0.3) is 0 Å². The number of hydrogen-bond acceptors (Lipinski definition) is 5. The third-order valence-electron chi connectivity index (χ3n) is 3.32. The van der Waals surface area contributed by atoms with Crippen molar-refractivity contribution in [1.29, 1.82) is 0 Å². The number of nitrogens with zero attached hydrogens (tertiary/aromatic N) is 2. The van der Waals surface area contributed by atoms with Gasteiger partial charge < -0.3 is 15.4 Å². The fourth-order valence-electron chi connectivity index (χ4n) is 2.22. The van der Waals surface area contributed by atoms with Crippen LogP contribution in [0.1, 0.15) is 13.3 Å². The number of aromatic nitrogens is 1. The van der Waals surface area contributed by atoms with E-state index >= 15 is 0 Å². The van der Waals surface area contributed by atoms with Crippen LogP contribution in [0.3, 0.4) is 0 Å². The Hall–Kier alpha value is -1.47. The van der Waals surface area contributed by atoms with Crippen LogP contribution in [0, 0.1) is 11.6 Å². The highest BCUT2D eigenvalue weighted by Crippen LogP contribution is 2.18. The van der Waals surface area contributed by atoms with Gasteiger partial charge in [-0.05, 0) is 19.9 Å². The molecule has 0 aromatic carbocycles. The maximum atomic E-state index is 13.6. The summed E-state index contributed by atoms with van der Waals surface area (Å²) in [5.41, 5.74) is 0. The van der Waals surface area contributed by atoms with E-state index in [2.05, 4.69) is 20.5 Å². The van der Waals surface area contributed by atoms with E-state index in [1.54, 1.807) is 0 Å². The van der Waals surface area contributed by atoms with Crippen LogP contribution in [-0.2, 0) is 4.74 Å². The zero-order valence-corrected chi connectivity index (χ0v) is 12.3. The summed E-state index contributed by atoms with van der Waals surface area (Å²) in [4.78, 5) is 6.25. The van der Waals surface area contributed by atoms with Crippen molar-refractivity contribution in [3.8, 4) is 0 Å². The summed E-state index contributed by atoms with van der Waals surface area (Å²) in [6.45, 7) is 7.31. The van der Waals surface area contributed by atoms with Crippen LogP contribution in [0.15, 0.2) is 6.07 Å². The second-order valence-corrected chi connectivity index (χ2v) is 4.91. The van der Waals surface area contributed by atoms with Crippen LogP contribution in [0.4, 0.5) is 20.4 Å². The molecule has 1 aliphatic heterocycles. The van der Waals surface area contributed by atoms with Crippen molar-refractivity contribution in [2.24, 2.45) is 0 Å². The summed E-state index contributed by atoms with van der Waals surface area (Å²) in [7, 11) is 0. The number of anilines is 2. The number of ether oxygens (including phenoxy) is 1. The van der Waals surface area contributed by atoms with Gasteiger partial charge in [-0.15, -0.1) is 0 Å². The van der Waals surface area contributed by atoms with Crippen molar-refractivity contribution in [2.75, 3.05) is 56.6 Å². The number of morpholine rings is 1. The van der Waals surface area contributed by atoms with E-state index in [0.29, 0.717) is 13.1 Å². The van der Waals surface area contributed by atoms with Crippen molar-refractivity contribution in [1.82, 2.24) is 9.88 Å². The number of nitrogens with one attached hydrogen (secondary N) is 2. The second-order valence-electron chi connectivity index (χ2n) is 4.91. The monoisotopic (exact) mass is 300 g/mol. The van der Waals surface area contributed by atoms with Crippen molar-refractivity contribution < 1.29 is 13.5 Å². The average molecular weight is 300 g/mol. The van der Waals surface area contributed by atoms with Crippen LogP contribution in [0.5, 0.6) is 0 Å². The van der Waals surface area contributed by atoms with E-state index in [-0.39, 0.29) is 11.6 Å². The summed E-state index contributed by atoms with van der Waals surface area (Å²) in [5, 5.41) is 5.70. The highest BCUT2D eigenvalue weighted by molar-refractivity contribution is 5.47. The lowest BCUT2D eigenvalue weighted by Gasteiger charge is -2.26. The molecular weight excluding hydrogens is 278 g/mol. The highest BCUT2D eigenvalue weighted by atomic mass is 19.1. The topological polar surface area (TPSA) is 49.4 Å². The Morgan fingerprint density at radius 2 is 1.86 bits per heavy atom. The molecule has 5 nitrogen and oxygen atoms in total. The normalized spacial score (nSPS) is 16.0. The summed E-state index contributed by atoms with van der Waals surface area (Å²) < 4.78 is 32.3. The molecule has 0 unspecified atom stereocenters. The predicted octanol–water partition coefficient (Wildman–Crippen LogP) is 1.93. The maximum Gasteiger partial charge on any atom is 0.168 e. The molecule has 1 saturated heterocycles. The second kappa shape index (κ2) is 8.09. The third kappa shape index (κ3) is 4.78. The van der Waals surface area contributed by atoms with Crippen molar-refractivity contribution >= 4 is 11.6 Å². The van der Waals surface area contributed by atoms with Gasteiger partial charge in [0.25, 0.3) is 0 Å². The standard InChI is InChI=1S/C14H22F2N4O/c1-2-17-13-11(15)10-12(16)14(19-13)18-4-3-5-20-6-8-21-9-7-20/h10H,2-9H2,1H3,(H2,17,18,19). The van der Waals surface area contributed by atoms with Crippen LogP contribution in [-0.4, -0.2) is 55.8 Å². The molecule has 0 radical (unpaired) electrons. The summed E-state index contributed by atoms with van der Waals surface area (Å²) >= 11 is 0. The first-order valence-corrected chi connectivity index (χ1v) is 7.34. The van der Waals surface area contributed by atoms with Gasteiger partial charge in [0.05, 0.1) is 13.2 Å². The predicted molar refractivity (Wildman–Crippen MR) is 78.7 cm³/mol. The van der Waals surface area contributed by atoms with Crippen molar-refractivity contribution in [3.05, 3.63) is 17.7 Å². The Kier molecular flexibility index (Phi) is 6.13. The smallest absolute Gasteiger partial charge is 0.168 e. The molecule has 0 bridgehead atoms. The van der Waals surface area contributed by atoms with E-state index < -0.39 is 11.6 Å². The van der Waals surface area contributed by atoms with Gasteiger partial charge in [0.2, 0.25) is 0 Å². The Morgan fingerprint density at radius 1 is 1.19 bits per heavy atom. The van der Waals surface area contributed by atoms with Gasteiger partial charge >= 0.3 is 0 Å². The minimum atomic E-state index is -0.673. The van der Waals surface area contributed by atoms with E-state index in [1.165, 1.54) is 0 Å². The Balaban J connectivity index is 1.80. The van der Waals surface area contributed by atoms with Crippen LogP contribution in [0.2, 0.25) is 0 Å². The van der Waals surface area contributed by atoms with E-state index in [9.17, 15) is 8.78 Å². The summed E-state index contributed by atoms with van der Waals surface area (Å²) in [6.07, 6.45) is 0.870. The molecule has 0 amide bonds. The third-order valence-corrected chi connectivity index (χ3v) is 3.32. The van der Waals surface area contributed by atoms with Gasteiger partial charge in [0, 0.05) is 32.2 Å². The molecule has 7 heteroatoms. The lowest BCUT2D eigenvalue weighted by Crippen LogP contribution is -2.37. The molecule has 21 heavy (non-hydrogen) atoms. The van der Waals surface area contributed by atoms with Crippen LogP contribution >= 0.6 is 0 Å². The lowest BCUT2D eigenvalue weighted by molar-refractivity contribution is 0.0378. The number of hydrogen-bond donors (Lipinski definition) is 2. The molecule has 1 fully saturated rings. The minimum Gasteiger partial charge on any atom is -0.379 e.